The predicted octanol–water partition coefficient (Wildman–Crippen LogP) is 3.48. The van der Waals surface area contributed by atoms with Crippen LogP contribution in [0.1, 0.15) is 52.0 Å². The number of amides is 2. The van der Waals surface area contributed by atoms with E-state index in [-0.39, 0.29) is 18.5 Å². The fraction of sp³-hybridized carbons (Fsp3) is 0.619. The molecule has 1 unspecified atom stereocenters. The molecule has 1 aromatic rings. The predicted molar refractivity (Wildman–Crippen MR) is 109 cm³/mol. The number of hydrogen-bond donors (Lipinski definition) is 2. The smallest absolute Gasteiger partial charge is 0.408 e. The van der Waals surface area contributed by atoms with Gasteiger partial charge in [0.05, 0.1) is 0 Å². The second-order valence-electron chi connectivity index (χ2n) is 8.78. The van der Waals surface area contributed by atoms with Crippen molar-refractivity contribution in [2.45, 2.75) is 76.7 Å². The molecule has 2 amide bonds. The van der Waals surface area contributed by atoms with Gasteiger partial charge in [0, 0.05) is 29.7 Å². The number of nitrogens with zero attached hydrogens (tertiary/aromatic N) is 1. The van der Waals surface area contributed by atoms with Gasteiger partial charge in [-0.15, -0.1) is 0 Å². The van der Waals surface area contributed by atoms with Crippen molar-refractivity contribution >= 4 is 23.6 Å². The summed E-state index contributed by atoms with van der Waals surface area (Å²) in [5.41, 5.74) is 0.696. The zero-order valence-corrected chi connectivity index (χ0v) is 17.6. The first-order chi connectivity index (χ1) is 13.2. The minimum absolute atomic E-state index is 0.0603. The summed E-state index contributed by atoms with van der Waals surface area (Å²) in [7, 11) is 0. The van der Waals surface area contributed by atoms with Crippen LogP contribution in [0.4, 0.5) is 4.79 Å². The maximum Gasteiger partial charge on any atom is 0.408 e. The number of fused-ring (bicyclic) bond motifs is 2. The number of carbonyl (C=O) groups is 2. The first kappa shape index (κ1) is 20.9. The van der Waals surface area contributed by atoms with Gasteiger partial charge >= 0.3 is 6.09 Å². The summed E-state index contributed by atoms with van der Waals surface area (Å²) in [6, 6.07) is 9.16. The summed E-state index contributed by atoms with van der Waals surface area (Å²) in [4.78, 5) is 26.5. The first-order valence-electron chi connectivity index (χ1n) is 9.96. The van der Waals surface area contributed by atoms with E-state index in [0.29, 0.717) is 12.1 Å². The molecule has 2 aliphatic rings. The van der Waals surface area contributed by atoms with Gasteiger partial charge in [-0.25, -0.2) is 4.79 Å². The van der Waals surface area contributed by atoms with Crippen LogP contribution >= 0.6 is 11.6 Å². The molecule has 154 valence electrons. The number of rotatable bonds is 5. The summed E-state index contributed by atoms with van der Waals surface area (Å²) in [6.45, 7) is 6.24. The van der Waals surface area contributed by atoms with Crippen molar-refractivity contribution in [3.8, 4) is 0 Å². The fourth-order valence-electron chi connectivity index (χ4n) is 4.20. The third-order valence-electron chi connectivity index (χ3n) is 5.32. The molecule has 2 heterocycles. The molecule has 28 heavy (non-hydrogen) atoms. The average molecular weight is 408 g/mol. The molecule has 0 aliphatic carbocycles. The van der Waals surface area contributed by atoms with Gasteiger partial charge in [-0.05, 0) is 64.2 Å². The minimum atomic E-state index is -0.573. The number of carbonyl (C=O) groups excluding carboxylic acids is 2. The molecule has 2 aliphatic heterocycles. The second-order valence-corrected chi connectivity index (χ2v) is 9.21. The van der Waals surface area contributed by atoms with Gasteiger partial charge in [0.2, 0.25) is 5.91 Å². The van der Waals surface area contributed by atoms with Crippen molar-refractivity contribution in [3.63, 3.8) is 0 Å². The summed E-state index contributed by atoms with van der Waals surface area (Å²) >= 11 is 5.98. The van der Waals surface area contributed by atoms with Crippen molar-refractivity contribution in [1.82, 2.24) is 15.5 Å². The molecule has 1 aromatic carbocycles. The zero-order chi connectivity index (χ0) is 20.3. The molecule has 2 saturated heterocycles. The van der Waals surface area contributed by atoms with Crippen LogP contribution in [-0.2, 0) is 16.1 Å². The summed E-state index contributed by atoms with van der Waals surface area (Å²) in [5.74, 6) is -0.165. The van der Waals surface area contributed by atoms with Gasteiger partial charge in [-0.3, -0.25) is 9.69 Å². The maximum absolute atomic E-state index is 12.2. The molecular weight excluding hydrogens is 378 g/mol. The third-order valence-corrected chi connectivity index (χ3v) is 5.57. The van der Waals surface area contributed by atoms with E-state index in [1.54, 1.807) is 20.8 Å². The maximum atomic E-state index is 12.2. The lowest BCUT2D eigenvalue weighted by Crippen LogP contribution is -2.51. The molecular formula is C21H30ClN3O3. The molecule has 2 bridgehead atoms. The van der Waals surface area contributed by atoms with Crippen LogP contribution in [0.5, 0.6) is 0 Å². The molecule has 3 atom stereocenters. The summed E-state index contributed by atoms with van der Waals surface area (Å²) < 4.78 is 5.16. The lowest BCUT2D eigenvalue weighted by Gasteiger charge is -2.39. The summed E-state index contributed by atoms with van der Waals surface area (Å²) in [6.07, 6.45) is 3.66. The minimum Gasteiger partial charge on any atom is -0.444 e. The largest absolute Gasteiger partial charge is 0.444 e. The highest BCUT2D eigenvalue weighted by Gasteiger charge is 2.40. The Morgan fingerprint density at radius 1 is 1.14 bits per heavy atom. The zero-order valence-electron chi connectivity index (χ0n) is 16.8. The van der Waals surface area contributed by atoms with Crippen molar-refractivity contribution < 1.29 is 14.3 Å². The molecule has 0 aromatic heterocycles. The van der Waals surface area contributed by atoms with Crippen molar-refractivity contribution in [1.29, 1.82) is 0 Å². The Morgan fingerprint density at radius 2 is 1.75 bits per heavy atom. The van der Waals surface area contributed by atoms with Crippen molar-refractivity contribution in [3.05, 3.63) is 34.9 Å². The van der Waals surface area contributed by atoms with E-state index in [1.165, 1.54) is 18.4 Å². The van der Waals surface area contributed by atoms with Crippen LogP contribution in [0.15, 0.2) is 24.3 Å². The van der Waals surface area contributed by atoms with Crippen LogP contribution in [0.2, 0.25) is 5.02 Å². The summed E-state index contributed by atoms with van der Waals surface area (Å²) in [5, 5.41) is 6.35. The van der Waals surface area contributed by atoms with E-state index in [0.717, 1.165) is 24.4 Å². The molecule has 6 nitrogen and oxygen atoms in total. The Labute approximate surface area is 171 Å². The SMILES string of the molecule is CC(C)(C)OC(=O)NCC(=O)NC1C[C@H]2CC[C@@H](C1)N2Cc1ccc(Cl)cc1. The van der Waals surface area contributed by atoms with Crippen LogP contribution in [0.3, 0.4) is 0 Å². The van der Waals surface area contributed by atoms with Gasteiger partial charge < -0.3 is 15.4 Å². The molecule has 2 fully saturated rings. The van der Waals surface area contributed by atoms with Gasteiger partial charge in [-0.2, -0.15) is 0 Å². The Bertz CT molecular complexity index is 688. The molecule has 2 N–H and O–H groups in total. The monoisotopic (exact) mass is 407 g/mol. The van der Waals surface area contributed by atoms with Gasteiger partial charge in [0.15, 0.2) is 0 Å². The van der Waals surface area contributed by atoms with Crippen LogP contribution in [0.25, 0.3) is 0 Å². The lowest BCUT2D eigenvalue weighted by molar-refractivity contribution is -0.121. The molecule has 0 radical (unpaired) electrons. The highest BCUT2D eigenvalue weighted by Crippen LogP contribution is 2.36. The number of hydrogen-bond acceptors (Lipinski definition) is 4. The lowest BCUT2D eigenvalue weighted by atomic mass is 9.96. The Kier molecular flexibility index (Phi) is 6.50. The Hall–Kier alpha value is -1.79. The Balaban J connectivity index is 1.45. The Morgan fingerprint density at radius 3 is 2.32 bits per heavy atom. The van der Waals surface area contributed by atoms with Gasteiger partial charge in [0.25, 0.3) is 0 Å². The van der Waals surface area contributed by atoms with E-state index in [1.807, 2.05) is 12.1 Å². The first-order valence-corrected chi connectivity index (χ1v) is 10.3. The number of halogens is 1. The van der Waals surface area contributed by atoms with Crippen molar-refractivity contribution in [2.24, 2.45) is 0 Å². The number of alkyl carbamates (subject to hydrolysis) is 1. The fourth-order valence-corrected chi connectivity index (χ4v) is 4.32. The number of benzene rings is 1. The van der Waals surface area contributed by atoms with E-state index >= 15 is 0 Å². The topological polar surface area (TPSA) is 70.7 Å². The van der Waals surface area contributed by atoms with Crippen molar-refractivity contribution in [2.75, 3.05) is 6.54 Å². The van der Waals surface area contributed by atoms with Crippen LogP contribution < -0.4 is 10.6 Å². The number of piperidine rings is 1. The van der Waals surface area contributed by atoms with Gasteiger partial charge in [-0.1, -0.05) is 23.7 Å². The number of ether oxygens (including phenoxy) is 1. The van der Waals surface area contributed by atoms with E-state index in [2.05, 4.69) is 27.7 Å². The van der Waals surface area contributed by atoms with Crippen LogP contribution in [-0.4, -0.2) is 47.2 Å². The van der Waals surface area contributed by atoms with E-state index < -0.39 is 11.7 Å². The highest BCUT2D eigenvalue weighted by atomic mass is 35.5. The van der Waals surface area contributed by atoms with Gasteiger partial charge in [0.1, 0.15) is 12.1 Å². The molecule has 0 saturated carbocycles. The van der Waals surface area contributed by atoms with Crippen LogP contribution in [0, 0.1) is 0 Å². The average Bonchev–Trinajstić information content (AvgIpc) is 2.83. The molecule has 3 rings (SSSR count). The number of nitrogens with one attached hydrogen (secondary N) is 2. The van der Waals surface area contributed by atoms with E-state index in [9.17, 15) is 9.59 Å². The molecule has 0 spiro atoms. The van der Waals surface area contributed by atoms with E-state index in [4.69, 9.17) is 16.3 Å². The highest BCUT2D eigenvalue weighted by molar-refractivity contribution is 6.30. The standard InChI is InChI=1S/C21H30ClN3O3/c1-21(2,3)28-20(27)23-12-19(26)24-16-10-17-8-9-18(11-16)25(17)13-14-4-6-15(22)7-5-14/h4-7,16-18H,8-13H2,1-3H3,(H,23,27)(H,24,26)/t16?,17-,18+. The normalized spacial score (nSPS) is 24.6. The quantitative estimate of drug-likeness (QED) is 0.783. The second kappa shape index (κ2) is 8.70. The molecule has 7 heteroatoms. The third kappa shape index (κ3) is 5.85.